The Morgan fingerprint density at radius 1 is 1.08 bits per heavy atom. The van der Waals surface area contributed by atoms with E-state index in [9.17, 15) is 12.8 Å². The molecule has 0 unspecified atom stereocenters. The maximum Gasteiger partial charge on any atom is 0.242 e. The molecule has 24 heavy (non-hydrogen) atoms. The van der Waals surface area contributed by atoms with Gasteiger partial charge in [-0.3, -0.25) is 0 Å². The van der Waals surface area contributed by atoms with Crippen molar-refractivity contribution in [2.24, 2.45) is 0 Å². The molecule has 0 atom stereocenters. The van der Waals surface area contributed by atoms with E-state index < -0.39 is 15.8 Å². The van der Waals surface area contributed by atoms with Crippen LogP contribution in [0.5, 0.6) is 5.75 Å². The van der Waals surface area contributed by atoms with Crippen LogP contribution in [0.25, 0.3) is 0 Å². The molecule has 0 aromatic heterocycles. The van der Waals surface area contributed by atoms with Gasteiger partial charge < -0.3 is 4.74 Å². The summed E-state index contributed by atoms with van der Waals surface area (Å²) in [6, 6.07) is 12.9. The van der Waals surface area contributed by atoms with Gasteiger partial charge in [-0.1, -0.05) is 38.1 Å². The van der Waals surface area contributed by atoms with Crippen molar-refractivity contribution in [1.82, 2.24) is 4.31 Å². The molecule has 130 valence electrons. The second kappa shape index (κ2) is 7.77. The third kappa shape index (κ3) is 4.33. The summed E-state index contributed by atoms with van der Waals surface area (Å²) >= 11 is 0. The first kappa shape index (κ1) is 18.4. The molecule has 0 saturated heterocycles. The van der Waals surface area contributed by atoms with Crippen molar-refractivity contribution in [3.8, 4) is 5.75 Å². The minimum Gasteiger partial charge on any atom is -0.489 e. The van der Waals surface area contributed by atoms with Crippen molar-refractivity contribution in [3.63, 3.8) is 0 Å². The van der Waals surface area contributed by atoms with Crippen LogP contribution in [0, 0.1) is 5.82 Å². The van der Waals surface area contributed by atoms with Crippen LogP contribution >= 0.6 is 0 Å². The van der Waals surface area contributed by atoms with Crippen molar-refractivity contribution < 1.29 is 17.5 Å². The summed E-state index contributed by atoms with van der Waals surface area (Å²) < 4.78 is 45.0. The van der Waals surface area contributed by atoms with Gasteiger partial charge in [-0.05, 0) is 35.7 Å². The number of nitrogens with zero attached hydrogens (tertiary/aromatic N) is 1. The molecule has 0 heterocycles. The lowest BCUT2D eigenvalue weighted by Gasteiger charge is -2.18. The van der Waals surface area contributed by atoms with Crippen molar-refractivity contribution in [2.75, 3.05) is 20.2 Å². The van der Waals surface area contributed by atoms with E-state index in [1.54, 1.807) is 24.3 Å². The molecule has 2 aromatic carbocycles. The molecular formula is C18H22FNO3S. The fourth-order valence-electron chi connectivity index (χ4n) is 2.17. The summed E-state index contributed by atoms with van der Waals surface area (Å²) in [6.07, 6.45) is 0. The Hall–Kier alpha value is -1.92. The van der Waals surface area contributed by atoms with Gasteiger partial charge in [-0.25, -0.2) is 12.8 Å². The summed E-state index contributed by atoms with van der Waals surface area (Å²) in [6.45, 7) is 4.30. The normalized spacial score (nSPS) is 11.9. The summed E-state index contributed by atoms with van der Waals surface area (Å²) in [5.74, 6) is -0.00878. The summed E-state index contributed by atoms with van der Waals surface area (Å²) in [5, 5.41) is 0. The van der Waals surface area contributed by atoms with E-state index in [0.717, 1.165) is 5.56 Å². The first-order chi connectivity index (χ1) is 11.3. The molecule has 6 heteroatoms. The third-order valence-corrected chi connectivity index (χ3v) is 5.63. The zero-order valence-corrected chi connectivity index (χ0v) is 14.9. The van der Waals surface area contributed by atoms with Crippen molar-refractivity contribution >= 4 is 10.0 Å². The number of likely N-dealkylation sites (N-methyl/N-ethyl adjacent to an activating group) is 1. The lowest BCUT2D eigenvalue weighted by atomic mass is 10.0. The Morgan fingerprint density at radius 2 is 1.71 bits per heavy atom. The highest BCUT2D eigenvalue weighted by molar-refractivity contribution is 7.89. The van der Waals surface area contributed by atoms with E-state index in [4.69, 9.17) is 4.74 Å². The molecule has 4 nitrogen and oxygen atoms in total. The van der Waals surface area contributed by atoms with E-state index in [0.29, 0.717) is 5.92 Å². The lowest BCUT2D eigenvalue weighted by molar-refractivity contribution is 0.275. The predicted molar refractivity (Wildman–Crippen MR) is 92.2 cm³/mol. The average molecular weight is 351 g/mol. The highest BCUT2D eigenvalue weighted by Crippen LogP contribution is 2.20. The van der Waals surface area contributed by atoms with E-state index in [1.807, 2.05) is 12.1 Å². The average Bonchev–Trinajstić information content (AvgIpc) is 2.56. The van der Waals surface area contributed by atoms with E-state index in [1.165, 1.54) is 23.5 Å². The van der Waals surface area contributed by atoms with E-state index in [-0.39, 0.29) is 23.8 Å². The molecule has 0 spiro atoms. The molecule has 0 saturated carbocycles. The van der Waals surface area contributed by atoms with Crippen LogP contribution in [0.3, 0.4) is 0 Å². The van der Waals surface area contributed by atoms with Gasteiger partial charge in [-0.15, -0.1) is 0 Å². The zero-order chi connectivity index (χ0) is 17.7. The fraction of sp³-hybridized carbons (Fsp3) is 0.333. The predicted octanol–water partition coefficient (Wildman–Crippen LogP) is 3.65. The standard InChI is InChI=1S/C18H22FNO3S/c1-14(2)15-8-10-16(11-9-15)24(21,22)20(3)12-13-23-18-7-5-4-6-17(18)19/h4-11,14H,12-13H2,1-3H3. The number of para-hydroxylation sites is 1. The van der Waals surface area contributed by atoms with Gasteiger partial charge in [0.15, 0.2) is 11.6 Å². The van der Waals surface area contributed by atoms with E-state index in [2.05, 4.69) is 13.8 Å². The molecule has 0 bridgehead atoms. The maximum atomic E-state index is 13.5. The lowest BCUT2D eigenvalue weighted by Crippen LogP contribution is -2.31. The topological polar surface area (TPSA) is 46.6 Å². The van der Waals surface area contributed by atoms with Gasteiger partial charge in [0.25, 0.3) is 0 Å². The molecule has 0 aliphatic rings. The number of benzene rings is 2. The van der Waals surface area contributed by atoms with Crippen LogP contribution in [-0.4, -0.2) is 32.9 Å². The van der Waals surface area contributed by atoms with Crippen molar-refractivity contribution in [2.45, 2.75) is 24.7 Å². The molecule has 0 N–H and O–H groups in total. The minimum atomic E-state index is -3.59. The first-order valence-electron chi connectivity index (χ1n) is 7.76. The Bertz CT molecular complexity index is 773. The van der Waals surface area contributed by atoms with Crippen LogP contribution in [0.2, 0.25) is 0 Å². The number of hydrogen-bond donors (Lipinski definition) is 0. The summed E-state index contributed by atoms with van der Waals surface area (Å²) in [4.78, 5) is 0.236. The molecule has 0 fully saturated rings. The highest BCUT2D eigenvalue weighted by atomic mass is 32.2. The molecule has 0 aliphatic carbocycles. The maximum absolute atomic E-state index is 13.5. The molecule has 0 radical (unpaired) electrons. The van der Waals surface area contributed by atoms with Crippen LogP contribution < -0.4 is 4.74 Å². The highest BCUT2D eigenvalue weighted by Gasteiger charge is 2.20. The molecule has 0 aliphatic heterocycles. The Balaban J connectivity index is 2.00. The smallest absolute Gasteiger partial charge is 0.242 e. The zero-order valence-electron chi connectivity index (χ0n) is 14.1. The Kier molecular flexibility index (Phi) is 5.96. The number of rotatable bonds is 7. The quantitative estimate of drug-likeness (QED) is 0.765. The monoisotopic (exact) mass is 351 g/mol. The van der Waals surface area contributed by atoms with Gasteiger partial charge >= 0.3 is 0 Å². The van der Waals surface area contributed by atoms with Crippen LogP contribution in [0.1, 0.15) is 25.3 Å². The Morgan fingerprint density at radius 3 is 2.29 bits per heavy atom. The SMILES string of the molecule is CC(C)c1ccc(S(=O)(=O)N(C)CCOc2ccccc2F)cc1. The summed E-state index contributed by atoms with van der Waals surface area (Å²) in [7, 11) is -2.10. The number of hydrogen-bond acceptors (Lipinski definition) is 3. The van der Waals surface area contributed by atoms with Crippen LogP contribution in [0.4, 0.5) is 4.39 Å². The Labute approximate surface area is 142 Å². The molecule has 2 rings (SSSR count). The van der Waals surface area contributed by atoms with Gasteiger partial charge in [0.1, 0.15) is 6.61 Å². The van der Waals surface area contributed by atoms with Crippen LogP contribution in [-0.2, 0) is 10.0 Å². The van der Waals surface area contributed by atoms with Gasteiger partial charge in [0.2, 0.25) is 10.0 Å². The number of halogens is 1. The molecule has 2 aromatic rings. The van der Waals surface area contributed by atoms with Crippen LogP contribution in [0.15, 0.2) is 53.4 Å². The van der Waals surface area contributed by atoms with Crippen molar-refractivity contribution in [1.29, 1.82) is 0 Å². The molecule has 0 amide bonds. The fourth-order valence-corrected chi connectivity index (χ4v) is 3.33. The second-order valence-corrected chi connectivity index (χ2v) is 7.87. The molecular weight excluding hydrogens is 329 g/mol. The second-order valence-electron chi connectivity index (χ2n) is 5.83. The number of ether oxygens (including phenoxy) is 1. The minimum absolute atomic E-state index is 0.0702. The first-order valence-corrected chi connectivity index (χ1v) is 9.20. The van der Waals surface area contributed by atoms with Gasteiger partial charge in [0.05, 0.1) is 4.90 Å². The van der Waals surface area contributed by atoms with Gasteiger partial charge in [-0.2, -0.15) is 4.31 Å². The summed E-state index contributed by atoms with van der Waals surface area (Å²) in [5.41, 5.74) is 1.08. The van der Waals surface area contributed by atoms with Gasteiger partial charge in [0, 0.05) is 13.6 Å². The van der Waals surface area contributed by atoms with E-state index >= 15 is 0 Å². The third-order valence-electron chi connectivity index (χ3n) is 3.76. The largest absolute Gasteiger partial charge is 0.489 e. The number of sulfonamides is 1. The van der Waals surface area contributed by atoms with Crippen molar-refractivity contribution in [3.05, 3.63) is 59.9 Å².